The largest absolute Gasteiger partial charge is 0.493 e. The molecular weight excluding hydrogens is 512 g/mol. The molecule has 1 amide bonds. The van der Waals surface area contributed by atoms with E-state index in [1.165, 1.54) is 0 Å². The van der Waals surface area contributed by atoms with E-state index in [1.54, 1.807) is 14.2 Å². The van der Waals surface area contributed by atoms with Gasteiger partial charge in [-0.05, 0) is 80.7 Å². The van der Waals surface area contributed by atoms with E-state index in [4.69, 9.17) is 14.0 Å². The van der Waals surface area contributed by atoms with Crippen molar-refractivity contribution in [1.82, 2.24) is 20.4 Å². The summed E-state index contributed by atoms with van der Waals surface area (Å²) in [7, 11) is 3.26. The van der Waals surface area contributed by atoms with Crippen molar-refractivity contribution in [2.24, 2.45) is 5.92 Å². The summed E-state index contributed by atoms with van der Waals surface area (Å²) in [4.78, 5) is 19.4. The molecule has 3 aromatic rings. The number of amides is 1. The zero-order valence-corrected chi connectivity index (χ0v) is 21.7. The maximum absolute atomic E-state index is 12.6. The van der Waals surface area contributed by atoms with Crippen molar-refractivity contribution in [2.45, 2.75) is 32.2 Å². The van der Waals surface area contributed by atoms with Gasteiger partial charge in [0, 0.05) is 22.5 Å². The number of hydrogen-bond donors (Lipinski definition) is 1. The smallest absolute Gasteiger partial charge is 0.241 e. The van der Waals surface area contributed by atoms with Gasteiger partial charge in [-0.25, -0.2) is 0 Å². The molecule has 1 saturated heterocycles. The number of piperidine rings is 1. The molecule has 0 radical (unpaired) electrons. The summed E-state index contributed by atoms with van der Waals surface area (Å²) in [5, 5.41) is 7.21. The molecule has 2 heterocycles. The molecule has 1 aliphatic rings. The number of benzene rings is 2. The molecule has 0 bridgehead atoms. The average molecular weight is 543 g/mol. The lowest BCUT2D eigenvalue weighted by Gasteiger charge is -2.30. The lowest BCUT2D eigenvalue weighted by Crippen LogP contribution is -2.40. The molecule has 0 unspecified atom stereocenters. The lowest BCUT2D eigenvalue weighted by atomic mass is 9.96. The number of nitrogens with zero attached hydrogens (tertiary/aromatic N) is 3. The molecule has 9 heteroatoms. The predicted molar refractivity (Wildman–Crippen MR) is 136 cm³/mol. The summed E-state index contributed by atoms with van der Waals surface area (Å²) in [6.07, 6.45) is 3.40. The fraction of sp³-hybridized carbons (Fsp3) is 0.423. The van der Waals surface area contributed by atoms with Gasteiger partial charge in [0.15, 0.2) is 11.5 Å². The molecule has 2 aromatic carbocycles. The van der Waals surface area contributed by atoms with E-state index in [0.717, 1.165) is 65.9 Å². The summed E-state index contributed by atoms with van der Waals surface area (Å²) < 4.78 is 17.1. The van der Waals surface area contributed by atoms with Crippen LogP contribution >= 0.6 is 15.9 Å². The number of aromatic nitrogens is 2. The number of carbonyl (C=O) groups is 1. The number of aryl methyl sites for hydroxylation is 1. The molecule has 0 atom stereocenters. The van der Waals surface area contributed by atoms with Crippen molar-refractivity contribution >= 4 is 21.8 Å². The van der Waals surface area contributed by atoms with Crippen molar-refractivity contribution in [3.8, 4) is 22.9 Å². The molecule has 8 nitrogen and oxygen atoms in total. The SMILES string of the molecule is COc1ccc(CCCNC(=O)C2CCN(Cc3nc(-c4ccc(Br)cc4)no3)CC2)cc1OC. The van der Waals surface area contributed by atoms with Gasteiger partial charge in [0.25, 0.3) is 0 Å². The summed E-state index contributed by atoms with van der Waals surface area (Å²) >= 11 is 3.43. The number of rotatable bonds is 10. The highest BCUT2D eigenvalue weighted by molar-refractivity contribution is 9.10. The number of carbonyl (C=O) groups excluding carboxylic acids is 1. The summed E-state index contributed by atoms with van der Waals surface area (Å²) in [6.45, 7) is 2.93. The van der Waals surface area contributed by atoms with Crippen molar-refractivity contribution in [1.29, 1.82) is 0 Å². The van der Waals surface area contributed by atoms with Crippen LogP contribution in [0.1, 0.15) is 30.7 Å². The van der Waals surface area contributed by atoms with E-state index in [-0.39, 0.29) is 11.8 Å². The molecule has 0 spiro atoms. The predicted octanol–water partition coefficient (Wildman–Crippen LogP) is 4.48. The third kappa shape index (κ3) is 6.82. The molecule has 1 N–H and O–H groups in total. The lowest BCUT2D eigenvalue weighted by molar-refractivity contribution is -0.126. The van der Waals surface area contributed by atoms with Crippen molar-refractivity contribution in [3.63, 3.8) is 0 Å². The van der Waals surface area contributed by atoms with Gasteiger partial charge in [-0.15, -0.1) is 0 Å². The van der Waals surface area contributed by atoms with Gasteiger partial charge in [0.05, 0.1) is 20.8 Å². The monoisotopic (exact) mass is 542 g/mol. The van der Waals surface area contributed by atoms with Gasteiger partial charge in [-0.1, -0.05) is 27.2 Å². The van der Waals surface area contributed by atoms with Gasteiger partial charge >= 0.3 is 0 Å². The Balaban J connectivity index is 1.16. The van der Waals surface area contributed by atoms with Gasteiger partial charge in [-0.2, -0.15) is 4.98 Å². The standard InChI is InChI=1S/C26H31BrN4O4/c1-33-22-10-5-18(16-23(22)34-2)4-3-13-28-26(32)20-11-14-31(15-12-20)17-24-29-25(30-35-24)19-6-8-21(27)9-7-19/h5-10,16,20H,3-4,11-15,17H2,1-2H3,(H,28,32). The van der Waals surface area contributed by atoms with E-state index in [0.29, 0.717) is 24.8 Å². The Hall–Kier alpha value is -2.91. The molecule has 186 valence electrons. The summed E-state index contributed by atoms with van der Waals surface area (Å²) in [6, 6.07) is 13.8. The van der Waals surface area contributed by atoms with Crippen LogP contribution in [0.2, 0.25) is 0 Å². The maximum atomic E-state index is 12.6. The quantitative estimate of drug-likeness (QED) is 0.378. The molecule has 4 rings (SSSR count). The third-order valence-corrected chi connectivity index (χ3v) is 6.81. The van der Waals surface area contributed by atoms with Crippen LogP contribution < -0.4 is 14.8 Å². The molecule has 1 aromatic heterocycles. The Labute approximate surface area is 214 Å². The Bertz CT molecular complexity index is 1110. The number of hydrogen-bond acceptors (Lipinski definition) is 7. The maximum Gasteiger partial charge on any atom is 0.241 e. The first-order chi connectivity index (χ1) is 17.1. The number of halogens is 1. The average Bonchev–Trinajstić information content (AvgIpc) is 3.35. The first-order valence-corrected chi connectivity index (χ1v) is 12.6. The van der Waals surface area contributed by atoms with Crippen LogP contribution in [0.25, 0.3) is 11.4 Å². The summed E-state index contributed by atoms with van der Waals surface area (Å²) in [5.41, 5.74) is 2.08. The minimum absolute atomic E-state index is 0.0494. The van der Waals surface area contributed by atoms with Crippen molar-refractivity contribution in [2.75, 3.05) is 33.9 Å². The van der Waals surface area contributed by atoms with Gasteiger partial charge in [-0.3, -0.25) is 9.69 Å². The zero-order chi connectivity index (χ0) is 24.6. The highest BCUT2D eigenvalue weighted by Gasteiger charge is 2.25. The zero-order valence-electron chi connectivity index (χ0n) is 20.1. The van der Waals surface area contributed by atoms with Crippen LogP contribution in [0.5, 0.6) is 11.5 Å². The first kappa shape index (κ1) is 25.2. The van der Waals surface area contributed by atoms with Crippen LogP contribution in [0.4, 0.5) is 0 Å². The molecular formula is C26H31BrN4O4. The first-order valence-electron chi connectivity index (χ1n) is 11.8. The van der Waals surface area contributed by atoms with Crippen LogP contribution in [0.15, 0.2) is 51.5 Å². The second kappa shape index (κ2) is 12.2. The van der Waals surface area contributed by atoms with Gasteiger partial charge in [0.2, 0.25) is 17.6 Å². The fourth-order valence-electron chi connectivity index (χ4n) is 4.26. The molecule has 1 fully saturated rings. The van der Waals surface area contributed by atoms with E-state index < -0.39 is 0 Å². The van der Waals surface area contributed by atoms with Crippen LogP contribution in [-0.2, 0) is 17.8 Å². The van der Waals surface area contributed by atoms with Gasteiger partial charge in [0.1, 0.15) is 0 Å². The molecule has 0 saturated carbocycles. The second-order valence-corrected chi connectivity index (χ2v) is 9.57. The Morgan fingerprint density at radius 1 is 1.11 bits per heavy atom. The Morgan fingerprint density at radius 3 is 2.57 bits per heavy atom. The van der Waals surface area contributed by atoms with E-state index in [1.807, 2.05) is 42.5 Å². The van der Waals surface area contributed by atoms with Crippen molar-refractivity contribution < 1.29 is 18.8 Å². The molecule has 35 heavy (non-hydrogen) atoms. The van der Waals surface area contributed by atoms with E-state index >= 15 is 0 Å². The van der Waals surface area contributed by atoms with Crippen LogP contribution in [0.3, 0.4) is 0 Å². The second-order valence-electron chi connectivity index (χ2n) is 8.65. The number of ether oxygens (including phenoxy) is 2. The third-order valence-electron chi connectivity index (χ3n) is 6.28. The Kier molecular flexibility index (Phi) is 8.76. The number of nitrogens with one attached hydrogen (secondary N) is 1. The highest BCUT2D eigenvalue weighted by atomic mass is 79.9. The number of methoxy groups -OCH3 is 2. The van der Waals surface area contributed by atoms with Crippen LogP contribution in [0, 0.1) is 5.92 Å². The highest BCUT2D eigenvalue weighted by Crippen LogP contribution is 2.28. The fourth-order valence-corrected chi connectivity index (χ4v) is 4.53. The van der Waals surface area contributed by atoms with Crippen molar-refractivity contribution in [3.05, 3.63) is 58.4 Å². The minimum atomic E-state index is 0.0494. The normalized spacial score (nSPS) is 14.6. The van der Waals surface area contributed by atoms with E-state index in [2.05, 4.69) is 36.3 Å². The number of likely N-dealkylation sites (tertiary alicyclic amines) is 1. The minimum Gasteiger partial charge on any atom is -0.493 e. The van der Waals surface area contributed by atoms with Gasteiger partial charge < -0.3 is 19.3 Å². The molecule has 0 aliphatic carbocycles. The molecule has 1 aliphatic heterocycles. The Morgan fingerprint density at radius 2 is 1.86 bits per heavy atom. The van der Waals surface area contributed by atoms with E-state index in [9.17, 15) is 4.79 Å². The topological polar surface area (TPSA) is 89.7 Å². The summed E-state index contributed by atoms with van der Waals surface area (Å²) in [5.74, 6) is 2.84. The van der Waals surface area contributed by atoms with Crippen LogP contribution in [-0.4, -0.2) is 54.8 Å².